The van der Waals surface area contributed by atoms with Crippen LogP contribution >= 0.6 is 0 Å². The lowest BCUT2D eigenvalue weighted by molar-refractivity contribution is -0.128. The van der Waals surface area contributed by atoms with Crippen LogP contribution in [0, 0.1) is 0 Å². The number of rotatable bonds is 6. The van der Waals surface area contributed by atoms with Crippen molar-refractivity contribution in [1.29, 1.82) is 0 Å². The molecule has 3 aromatic rings. The first kappa shape index (κ1) is 22.9. The molecule has 2 atom stereocenters. The molecule has 0 saturated heterocycles. The molecule has 0 fully saturated rings. The second-order valence-corrected chi connectivity index (χ2v) is 9.89. The Morgan fingerprint density at radius 1 is 0.971 bits per heavy atom. The maximum atomic E-state index is 13.5. The van der Waals surface area contributed by atoms with Crippen molar-refractivity contribution in [3.63, 3.8) is 0 Å². The maximum absolute atomic E-state index is 13.5. The predicted octanol–water partition coefficient (Wildman–Crippen LogP) is 2.61. The van der Waals surface area contributed by atoms with Gasteiger partial charge in [-0.2, -0.15) is 0 Å². The Balaban J connectivity index is 1.32. The van der Waals surface area contributed by atoms with Gasteiger partial charge in [-0.25, -0.2) is 8.42 Å². The fourth-order valence-corrected chi connectivity index (χ4v) is 5.41. The summed E-state index contributed by atoms with van der Waals surface area (Å²) in [5.41, 5.74) is 0.369. The van der Waals surface area contributed by atoms with E-state index in [4.69, 9.17) is 18.9 Å². The molecule has 0 aliphatic carbocycles. The molecule has 0 bridgehead atoms. The monoisotopic (exact) mass is 496 g/mol. The average molecular weight is 497 g/mol. The average Bonchev–Trinajstić information content (AvgIpc) is 2.91. The summed E-state index contributed by atoms with van der Waals surface area (Å²) in [5.74, 6) is 1.67. The van der Waals surface area contributed by atoms with E-state index in [1.807, 2.05) is 18.2 Å². The highest BCUT2D eigenvalue weighted by Crippen LogP contribution is 2.37. The second kappa shape index (κ2) is 9.38. The lowest BCUT2D eigenvalue weighted by atomic mass is 10.2. The minimum absolute atomic E-state index is 0.0839. The number of hydrogen-bond acceptors (Lipinski definition) is 7. The van der Waals surface area contributed by atoms with Crippen LogP contribution in [0.15, 0.2) is 77.7 Å². The Morgan fingerprint density at radius 2 is 1.66 bits per heavy atom. The number of hydrogen-bond donors (Lipinski definition) is 1. The summed E-state index contributed by atoms with van der Waals surface area (Å²) in [6, 6.07) is 20.1. The third-order valence-corrected chi connectivity index (χ3v) is 7.54. The van der Waals surface area contributed by atoms with E-state index in [0.29, 0.717) is 28.7 Å². The number of anilines is 1. The minimum atomic E-state index is -3.96. The molecule has 35 heavy (non-hydrogen) atoms. The van der Waals surface area contributed by atoms with Gasteiger partial charge < -0.3 is 24.3 Å². The fraction of sp³-hybridized carbons (Fsp3) is 0.240. The fourth-order valence-electron chi connectivity index (χ4n) is 3.93. The predicted molar refractivity (Wildman–Crippen MR) is 128 cm³/mol. The van der Waals surface area contributed by atoms with Crippen LogP contribution in [0.25, 0.3) is 0 Å². The van der Waals surface area contributed by atoms with Crippen molar-refractivity contribution in [3.05, 3.63) is 72.8 Å². The van der Waals surface area contributed by atoms with Crippen molar-refractivity contribution in [2.45, 2.75) is 17.1 Å². The summed E-state index contributed by atoms with van der Waals surface area (Å²) >= 11 is 0. The van der Waals surface area contributed by atoms with E-state index in [9.17, 15) is 13.2 Å². The van der Waals surface area contributed by atoms with Crippen LogP contribution in [0.3, 0.4) is 0 Å². The number of carbonyl (C=O) groups is 1. The quantitative estimate of drug-likeness (QED) is 0.560. The number of benzene rings is 3. The Bertz CT molecular complexity index is 1330. The number of carbonyl (C=O) groups excluding carboxylic acids is 1. The van der Waals surface area contributed by atoms with Gasteiger partial charge in [-0.05, 0) is 48.5 Å². The van der Waals surface area contributed by atoms with E-state index >= 15 is 0 Å². The molecule has 3 aromatic carbocycles. The Labute approximate surface area is 203 Å². The smallest absolute Gasteiger partial charge is 0.264 e. The van der Waals surface area contributed by atoms with Gasteiger partial charge in [0.15, 0.2) is 17.6 Å². The summed E-state index contributed by atoms with van der Waals surface area (Å²) in [5, 5.41) is 2.80. The number of para-hydroxylation sites is 4. The number of methoxy groups -OCH3 is 1. The Kier molecular flexibility index (Phi) is 6.12. The Morgan fingerprint density at radius 3 is 2.40 bits per heavy atom. The molecule has 0 aromatic heterocycles. The third-order valence-electron chi connectivity index (χ3n) is 5.75. The summed E-state index contributed by atoms with van der Waals surface area (Å²) in [4.78, 5) is 13.1. The van der Waals surface area contributed by atoms with E-state index in [1.165, 1.54) is 23.5 Å². The van der Waals surface area contributed by atoms with Crippen molar-refractivity contribution in [1.82, 2.24) is 5.32 Å². The first-order valence-electron chi connectivity index (χ1n) is 11.0. The van der Waals surface area contributed by atoms with E-state index in [2.05, 4.69) is 5.32 Å². The number of amides is 1. The van der Waals surface area contributed by atoms with Gasteiger partial charge in [0.05, 0.1) is 30.8 Å². The van der Waals surface area contributed by atoms with Gasteiger partial charge in [-0.15, -0.1) is 0 Å². The molecular weight excluding hydrogens is 472 g/mol. The highest BCUT2D eigenvalue weighted by atomic mass is 32.2. The summed E-state index contributed by atoms with van der Waals surface area (Å²) < 4.78 is 50.8. The van der Waals surface area contributed by atoms with Crippen LogP contribution in [-0.2, 0) is 14.8 Å². The second-order valence-electron chi connectivity index (χ2n) is 8.03. The van der Waals surface area contributed by atoms with Gasteiger partial charge >= 0.3 is 0 Å². The van der Waals surface area contributed by atoms with Crippen molar-refractivity contribution in [2.75, 3.05) is 31.1 Å². The zero-order valence-electron chi connectivity index (χ0n) is 18.9. The lowest BCUT2D eigenvalue weighted by Gasteiger charge is -2.35. The molecule has 182 valence electrons. The van der Waals surface area contributed by atoms with Gasteiger partial charge in [0.2, 0.25) is 0 Å². The summed E-state index contributed by atoms with van der Waals surface area (Å²) in [6.07, 6.45) is -1.43. The molecule has 10 heteroatoms. The summed E-state index contributed by atoms with van der Waals surface area (Å²) in [7, 11) is -2.45. The van der Waals surface area contributed by atoms with Crippen LogP contribution in [0.4, 0.5) is 5.69 Å². The molecule has 2 aliphatic heterocycles. The number of nitrogens with one attached hydrogen (secondary N) is 1. The van der Waals surface area contributed by atoms with Gasteiger partial charge in [-0.1, -0.05) is 24.3 Å². The standard InChI is InChI=1S/C25H24N2O7S/c1-31-17-10-12-19(13-11-17)35(29,30)27-15-24(34-21-7-3-2-6-20(21)27)25(28)26-14-18-16-32-22-8-4-5-9-23(22)33-18/h2-13,18,24H,14-16H2,1H3,(H,26,28)/t18-,24-/m0/s1. The van der Waals surface area contributed by atoms with Gasteiger partial charge in [0.25, 0.3) is 15.9 Å². The number of ether oxygens (including phenoxy) is 4. The molecular formula is C25H24N2O7S. The van der Waals surface area contributed by atoms with Crippen molar-refractivity contribution >= 4 is 21.6 Å². The molecule has 2 aliphatic rings. The molecule has 0 unspecified atom stereocenters. The van der Waals surface area contributed by atoms with Crippen LogP contribution < -0.4 is 28.6 Å². The van der Waals surface area contributed by atoms with E-state index in [-0.39, 0.29) is 30.7 Å². The van der Waals surface area contributed by atoms with Gasteiger partial charge in [-0.3, -0.25) is 9.10 Å². The number of nitrogens with zero attached hydrogens (tertiary/aromatic N) is 1. The molecule has 1 amide bonds. The topological polar surface area (TPSA) is 103 Å². The number of sulfonamides is 1. The molecule has 1 N–H and O–H groups in total. The molecule has 9 nitrogen and oxygen atoms in total. The number of fused-ring (bicyclic) bond motifs is 2. The van der Waals surface area contributed by atoms with Crippen LogP contribution in [0.5, 0.6) is 23.0 Å². The molecule has 5 rings (SSSR count). The highest BCUT2D eigenvalue weighted by Gasteiger charge is 2.37. The van der Waals surface area contributed by atoms with Crippen molar-refractivity contribution in [2.24, 2.45) is 0 Å². The van der Waals surface area contributed by atoms with Gasteiger partial charge in [0.1, 0.15) is 24.2 Å². The third kappa shape index (κ3) is 4.57. The van der Waals surface area contributed by atoms with Crippen molar-refractivity contribution in [3.8, 4) is 23.0 Å². The molecule has 0 spiro atoms. The first-order valence-corrected chi connectivity index (χ1v) is 12.5. The Hall–Kier alpha value is -3.92. The zero-order chi connectivity index (χ0) is 24.4. The van der Waals surface area contributed by atoms with Gasteiger partial charge in [0, 0.05) is 0 Å². The minimum Gasteiger partial charge on any atom is -0.497 e. The molecule has 0 radical (unpaired) electrons. The molecule has 0 saturated carbocycles. The van der Waals surface area contributed by atoms with E-state index in [1.54, 1.807) is 42.5 Å². The van der Waals surface area contributed by atoms with Crippen LogP contribution in [0.2, 0.25) is 0 Å². The van der Waals surface area contributed by atoms with E-state index < -0.39 is 22.0 Å². The van der Waals surface area contributed by atoms with Crippen molar-refractivity contribution < 1.29 is 32.2 Å². The van der Waals surface area contributed by atoms with Crippen LogP contribution in [0.1, 0.15) is 0 Å². The first-order chi connectivity index (χ1) is 17.0. The SMILES string of the molecule is COc1ccc(S(=O)(=O)N2C[C@@H](C(=O)NC[C@H]3COc4ccccc4O3)Oc3ccccc32)cc1. The highest BCUT2D eigenvalue weighted by molar-refractivity contribution is 7.92. The van der Waals surface area contributed by atoms with Crippen LogP contribution in [-0.4, -0.2) is 53.3 Å². The van der Waals surface area contributed by atoms with E-state index in [0.717, 1.165) is 0 Å². The largest absolute Gasteiger partial charge is 0.497 e. The summed E-state index contributed by atoms with van der Waals surface area (Å²) in [6.45, 7) is 0.283. The zero-order valence-corrected chi connectivity index (χ0v) is 19.7. The maximum Gasteiger partial charge on any atom is 0.264 e. The normalized spacial score (nSPS) is 18.7. The lowest BCUT2D eigenvalue weighted by Crippen LogP contribution is -2.52. The molecule has 2 heterocycles.